The van der Waals surface area contributed by atoms with Gasteiger partial charge in [-0.25, -0.2) is 0 Å². The van der Waals surface area contributed by atoms with Crippen LogP contribution in [0.1, 0.15) is 12.0 Å². The number of Topliss-reactive ketones (excluding diaryl/α,β-unsaturated/α-hetero) is 2. The molecule has 128 valence electrons. The summed E-state index contributed by atoms with van der Waals surface area (Å²) in [4.78, 5) is 23.5. The fraction of sp³-hybridized carbons (Fsp3) is 0.294. The van der Waals surface area contributed by atoms with Crippen molar-refractivity contribution in [2.45, 2.75) is 11.3 Å². The van der Waals surface area contributed by atoms with Crippen LogP contribution < -0.4 is 14.2 Å². The first-order valence-electron chi connectivity index (χ1n) is 6.95. The maximum absolute atomic E-state index is 12.8. The van der Waals surface area contributed by atoms with Gasteiger partial charge in [-0.3, -0.25) is 9.59 Å². The normalized spacial score (nSPS) is 20.4. The molecule has 0 N–H and O–H groups in total. The molecule has 1 aromatic rings. The number of alkyl halides is 1. The number of rotatable bonds is 6. The monoisotopic (exact) mass is 370 g/mol. The van der Waals surface area contributed by atoms with Crippen molar-refractivity contribution in [3.8, 4) is 17.2 Å². The number of benzene rings is 1. The van der Waals surface area contributed by atoms with Gasteiger partial charge in [0.1, 0.15) is 17.2 Å². The van der Waals surface area contributed by atoms with Crippen LogP contribution in [-0.4, -0.2) is 37.8 Å². The summed E-state index contributed by atoms with van der Waals surface area (Å²) >= 11 is 12.4. The van der Waals surface area contributed by atoms with Crippen LogP contribution >= 0.6 is 23.2 Å². The summed E-state index contributed by atoms with van der Waals surface area (Å²) < 4.78 is 15.8. The van der Waals surface area contributed by atoms with Gasteiger partial charge in [-0.2, -0.15) is 0 Å². The minimum absolute atomic E-state index is 0.0325. The quantitative estimate of drug-likeness (QED) is 0.436. The number of allylic oxidation sites excluding steroid dienone is 3. The number of carbonyl (C=O) groups excluding carboxylic acids is 2. The lowest BCUT2D eigenvalue weighted by atomic mass is 9.94. The Bertz CT molecular complexity index is 728. The number of hydrogen-bond acceptors (Lipinski definition) is 5. The Kier molecular flexibility index (Phi) is 5.26. The van der Waals surface area contributed by atoms with Crippen molar-refractivity contribution < 1.29 is 23.8 Å². The molecule has 0 aromatic heterocycles. The highest BCUT2D eigenvalue weighted by Crippen LogP contribution is 2.48. The summed E-state index contributed by atoms with van der Waals surface area (Å²) in [5, 5.41) is -0.251. The Hall–Kier alpha value is -1.98. The predicted molar refractivity (Wildman–Crippen MR) is 92.3 cm³/mol. The number of halogens is 2. The lowest BCUT2D eigenvalue weighted by Crippen LogP contribution is -2.35. The number of methoxy groups -OCH3 is 3. The third-order valence-electron chi connectivity index (χ3n) is 3.76. The summed E-state index contributed by atoms with van der Waals surface area (Å²) in [6, 6.07) is 3.13. The molecular formula is C17H16Cl2O5. The van der Waals surface area contributed by atoms with Crippen LogP contribution in [0.4, 0.5) is 0 Å². The average Bonchev–Trinajstić information content (AvgIpc) is 2.75. The fourth-order valence-electron chi connectivity index (χ4n) is 2.55. The third-order valence-corrected chi connectivity index (χ3v) is 4.61. The van der Waals surface area contributed by atoms with Gasteiger partial charge in [-0.15, -0.1) is 18.2 Å². The maximum atomic E-state index is 12.8. The molecule has 2 rings (SSSR count). The van der Waals surface area contributed by atoms with Crippen molar-refractivity contribution in [3.63, 3.8) is 0 Å². The predicted octanol–water partition coefficient (Wildman–Crippen LogP) is 3.37. The topological polar surface area (TPSA) is 61.8 Å². The number of hydrogen-bond donors (Lipinski definition) is 0. The van der Waals surface area contributed by atoms with Crippen LogP contribution in [0.5, 0.6) is 17.2 Å². The van der Waals surface area contributed by atoms with Crippen LogP contribution in [0.3, 0.4) is 0 Å². The molecule has 1 atom stereocenters. The summed E-state index contributed by atoms with van der Waals surface area (Å²) in [7, 11) is 4.33. The highest BCUT2D eigenvalue weighted by atomic mass is 35.5. The van der Waals surface area contributed by atoms with Crippen LogP contribution in [0.15, 0.2) is 29.8 Å². The van der Waals surface area contributed by atoms with Gasteiger partial charge in [0.05, 0.1) is 37.5 Å². The molecule has 0 saturated carbocycles. The SMILES string of the molecule is C=CCC1(Cl)C(=O)C(Cl)=C(c2c(OC)cc(OC)cc2OC)C1=O. The number of ketones is 2. The molecule has 24 heavy (non-hydrogen) atoms. The zero-order valence-corrected chi connectivity index (χ0v) is 15.0. The van der Waals surface area contributed by atoms with E-state index in [-0.39, 0.29) is 34.1 Å². The molecule has 0 amide bonds. The fourth-order valence-corrected chi connectivity index (χ4v) is 3.24. The zero-order chi connectivity index (χ0) is 18.1. The Labute approximate surface area is 149 Å². The van der Waals surface area contributed by atoms with E-state index < -0.39 is 16.4 Å². The van der Waals surface area contributed by atoms with Gasteiger partial charge in [0.15, 0.2) is 10.7 Å². The molecule has 1 aromatic carbocycles. The summed E-state index contributed by atoms with van der Waals surface area (Å²) in [5.41, 5.74) is 0.227. The van der Waals surface area contributed by atoms with Crippen molar-refractivity contribution in [2.24, 2.45) is 0 Å². The van der Waals surface area contributed by atoms with Gasteiger partial charge in [0, 0.05) is 12.1 Å². The van der Waals surface area contributed by atoms with E-state index in [0.29, 0.717) is 5.75 Å². The molecule has 0 heterocycles. The lowest BCUT2D eigenvalue weighted by Gasteiger charge is -2.18. The average molecular weight is 371 g/mol. The van der Waals surface area contributed by atoms with Crippen molar-refractivity contribution in [1.29, 1.82) is 0 Å². The van der Waals surface area contributed by atoms with E-state index in [2.05, 4.69) is 6.58 Å². The lowest BCUT2D eigenvalue weighted by molar-refractivity contribution is -0.123. The maximum Gasteiger partial charge on any atom is 0.204 e. The second-order valence-corrected chi connectivity index (χ2v) is 6.07. The molecule has 1 unspecified atom stereocenters. The van der Waals surface area contributed by atoms with E-state index in [0.717, 1.165) is 0 Å². The molecule has 0 radical (unpaired) electrons. The van der Waals surface area contributed by atoms with Gasteiger partial charge in [-0.05, 0) is 6.42 Å². The number of ether oxygens (including phenoxy) is 3. The molecule has 7 heteroatoms. The van der Waals surface area contributed by atoms with E-state index in [1.54, 1.807) is 12.1 Å². The first-order chi connectivity index (χ1) is 11.3. The molecule has 0 bridgehead atoms. The zero-order valence-electron chi connectivity index (χ0n) is 13.4. The van der Waals surface area contributed by atoms with Crippen molar-refractivity contribution >= 4 is 40.3 Å². The van der Waals surface area contributed by atoms with Crippen molar-refractivity contribution in [2.75, 3.05) is 21.3 Å². The van der Waals surface area contributed by atoms with E-state index in [1.807, 2.05) is 0 Å². The van der Waals surface area contributed by atoms with E-state index in [1.165, 1.54) is 27.4 Å². The summed E-state index contributed by atoms with van der Waals surface area (Å²) in [6.07, 6.45) is 1.37. The summed E-state index contributed by atoms with van der Waals surface area (Å²) in [5.74, 6) is -0.254. The third kappa shape index (κ3) is 2.68. The highest BCUT2D eigenvalue weighted by molar-refractivity contribution is 6.69. The van der Waals surface area contributed by atoms with Crippen LogP contribution in [0.2, 0.25) is 0 Å². The molecule has 5 nitrogen and oxygen atoms in total. The first kappa shape index (κ1) is 18.4. The minimum Gasteiger partial charge on any atom is -0.496 e. The van der Waals surface area contributed by atoms with Crippen LogP contribution in [0, 0.1) is 0 Å². The van der Waals surface area contributed by atoms with Crippen LogP contribution in [0.25, 0.3) is 5.57 Å². The van der Waals surface area contributed by atoms with E-state index in [4.69, 9.17) is 37.4 Å². The van der Waals surface area contributed by atoms with Gasteiger partial charge in [0.2, 0.25) is 5.78 Å². The Morgan fingerprint density at radius 1 is 1.08 bits per heavy atom. The molecular weight excluding hydrogens is 355 g/mol. The van der Waals surface area contributed by atoms with Gasteiger partial charge < -0.3 is 14.2 Å². The van der Waals surface area contributed by atoms with Crippen LogP contribution in [-0.2, 0) is 9.59 Å². The molecule has 0 saturated heterocycles. The van der Waals surface area contributed by atoms with Crippen molar-refractivity contribution in [1.82, 2.24) is 0 Å². The molecule has 0 fully saturated rings. The Balaban J connectivity index is 2.74. The summed E-state index contributed by atoms with van der Waals surface area (Å²) in [6.45, 7) is 3.53. The van der Waals surface area contributed by atoms with E-state index in [9.17, 15) is 9.59 Å². The van der Waals surface area contributed by atoms with Crippen molar-refractivity contribution in [3.05, 3.63) is 35.4 Å². The highest BCUT2D eigenvalue weighted by Gasteiger charge is 2.53. The molecule has 0 aliphatic heterocycles. The second kappa shape index (κ2) is 6.87. The van der Waals surface area contributed by atoms with Gasteiger partial charge in [0.25, 0.3) is 0 Å². The second-order valence-electron chi connectivity index (χ2n) is 5.05. The van der Waals surface area contributed by atoms with Gasteiger partial charge in [-0.1, -0.05) is 17.7 Å². The van der Waals surface area contributed by atoms with E-state index >= 15 is 0 Å². The Morgan fingerprint density at radius 3 is 2.04 bits per heavy atom. The molecule has 1 aliphatic carbocycles. The standard InChI is InChI=1S/C17H16Cl2O5/c1-5-6-17(19)15(20)13(14(18)16(17)21)12-10(23-3)7-9(22-2)8-11(12)24-4/h5,7-8H,1,6H2,2-4H3. The first-order valence-corrected chi connectivity index (χ1v) is 7.70. The molecule has 1 aliphatic rings. The Morgan fingerprint density at radius 2 is 1.62 bits per heavy atom. The smallest absolute Gasteiger partial charge is 0.204 e. The van der Waals surface area contributed by atoms with Gasteiger partial charge >= 0.3 is 0 Å². The number of carbonyl (C=O) groups is 2. The largest absolute Gasteiger partial charge is 0.496 e. The molecule has 0 spiro atoms. The minimum atomic E-state index is -1.79.